The molecular weight excluding hydrogens is 406 g/mol. The van der Waals surface area contributed by atoms with Gasteiger partial charge in [0.25, 0.3) is 0 Å². The van der Waals surface area contributed by atoms with Gasteiger partial charge in [-0.3, -0.25) is 4.79 Å². The number of amides is 1. The molecule has 2 aromatic carbocycles. The summed E-state index contributed by atoms with van der Waals surface area (Å²) < 4.78 is 26.7. The van der Waals surface area contributed by atoms with Crippen molar-refractivity contribution in [3.05, 3.63) is 77.1 Å². The molecule has 2 N–H and O–H groups in total. The number of hydrogen-bond donors (Lipinski definition) is 2. The average molecular weight is 421 g/mol. The Hall–Kier alpha value is -2.71. The maximum atomic E-state index is 13.6. The first-order valence-electron chi connectivity index (χ1n) is 8.18. The molecule has 0 radical (unpaired) electrons. The number of nitrogens with zero attached hydrogens (tertiary/aromatic N) is 2. The fourth-order valence-electron chi connectivity index (χ4n) is 2.26. The van der Waals surface area contributed by atoms with E-state index in [1.165, 1.54) is 6.33 Å². The lowest BCUT2D eigenvalue weighted by Crippen LogP contribution is -2.15. The molecule has 0 saturated carbocycles. The Bertz CT molecular complexity index is 990. The van der Waals surface area contributed by atoms with Gasteiger partial charge >= 0.3 is 0 Å². The van der Waals surface area contributed by atoms with Crippen LogP contribution >= 0.6 is 23.4 Å². The van der Waals surface area contributed by atoms with Gasteiger partial charge in [0.15, 0.2) is 0 Å². The SMILES string of the molecule is O=C(CSc1cc(NCc2ccccc2Cl)ncn1)Nc1cc(F)ccc1F. The number of rotatable bonds is 7. The molecule has 9 heteroatoms. The molecule has 5 nitrogen and oxygen atoms in total. The van der Waals surface area contributed by atoms with Gasteiger partial charge in [0.2, 0.25) is 5.91 Å². The van der Waals surface area contributed by atoms with E-state index in [0.717, 1.165) is 35.5 Å². The Balaban J connectivity index is 1.55. The maximum absolute atomic E-state index is 13.6. The lowest BCUT2D eigenvalue weighted by Gasteiger charge is -2.09. The summed E-state index contributed by atoms with van der Waals surface area (Å²) in [5, 5.41) is 6.70. The second kappa shape index (κ2) is 9.48. The van der Waals surface area contributed by atoms with Gasteiger partial charge in [-0.1, -0.05) is 41.6 Å². The largest absolute Gasteiger partial charge is 0.366 e. The summed E-state index contributed by atoms with van der Waals surface area (Å²) in [6, 6.07) is 12.0. The smallest absolute Gasteiger partial charge is 0.234 e. The van der Waals surface area contributed by atoms with E-state index in [2.05, 4.69) is 20.6 Å². The third-order valence-electron chi connectivity index (χ3n) is 3.61. The van der Waals surface area contributed by atoms with Crippen LogP contribution in [0.5, 0.6) is 0 Å². The number of hydrogen-bond acceptors (Lipinski definition) is 5. The summed E-state index contributed by atoms with van der Waals surface area (Å²) in [5.74, 6) is -1.24. The first-order chi connectivity index (χ1) is 13.5. The van der Waals surface area contributed by atoms with Gasteiger partial charge in [0.05, 0.1) is 11.4 Å². The zero-order valence-electron chi connectivity index (χ0n) is 14.5. The molecule has 0 aliphatic rings. The highest BCUT2D eigenvalue weighted by Crippen LogP contribution is 2.21. The predicted molar refractivity (Wildman–Crippen MR) is 107 cm³/mol. The molecule has 3 rings (SSSR count). The maximum Gasteiger partial charge on any atom is 0.234 e. The van der Waals surface area contributed by atoms with Crippen LogP contribution in [0.25, 0.3) is 0 Å². The summed E-state index contributed by atoms with van der Waals surface area (Å²) >= 11 is 7.27. The number of halogens is 3. The summed E-state index contributed by atoms with van der Waals surface area (Å²) in [4.78, 5) is 20.2. The highest BCUT2D eigenvalue weighted by Gasteiger charge is 2.10. The molecule has 0 spiro atoms. The summed E-state index contributed by atoms with van der Waals surface area (Å²) in [6.45, 7) is 0.486. The molecule has 3 aromatic rings. The van der Waals surface area contributed by atoms with Crippen molar-refractivity contribution in [2.75, 3.05) is 16.4 Å². The average Bonchev–Trinajstić information content (AvgIpc) is 2.69. The predicted octanol–water partition coefficient (Wildman–Crippen LogP) is 4.75. The molecule has 0 unspecified atom stereocenters. The second-order valence-electron chi connectivity index (χ2n) is 5.65. The first-order valence-corrected chi connectivity index (χ1v) is 9.54. The minimum Gasteiger partial charge on any atom is -0.366 e. The Morgan fingerprint density at radius 1 is 1.11 bits per heavy atom. The first kappa shape index (κ1) is 20.0. The van der Waals surface area contributed by atoms with E-state index in [9.17, 15) is 13.6 Å². The molecule has 0 bridgehead atoms. The van der Waals surface area contributed by atoms with Crippen molar-refractivity contribution in [3.8, 4) is 0 Å². The third-order valence-corrected chi connectivity index (χ3v) is 4.91. The summed E-state index contributed by atoms with van der Waals surface area (Å²) in [5.41, 5.74) is 0.726. The van der Waals surface area contributed by atoms with Crippen LogP contribution < -0.4 is 10.6 Å². The van der Waals surface area contributed by atoms with Crippen molar-refractivity contribution < 1.29 is 13.6 Å². The highest BCUT2D eigenvalue weighted by molar-refractivity contribution is 7.99. The molecule has 0 atom stereocenters. The van der Waals surface area contributed by atoms with Crippen LogP contribution in [-0.4, -0.2) is 21.6 Å². The molecule has 1 heterocycles. The minimum atomic E-state index is -0.701. The third kappa shape index (κ3) is 5.64. The topological polar surface area (TPSA) is 66.9 Å². The number of aromatic nitrogens is 2. The molecule has 1 amide bonds. The quantitative estimate of drug-likeness (QED) is 0.426. The van der Waals surface area contributed by atoms with E-state index in [-0.39, 0.29) is 11.4 Å². The van der Waals surface area contributed by atoms with Crippen molar-refractivity contribution in [3.63, 3.8) is 0 Å². The standard InChI is InChI=1S/C19H15ClF2N4OS/c20-14-4-2-1-3-12(14)9-23-17-8-19(25-11-24-17)28-10-18(27)26-16-7-13(21)5-6-15(16)22/h1-8,11H,9-10H2,(H,26,27)(H,23,24,25). The van der Waals surface area contributed by atoms with E-state index in [1.54, 1.807) is 12.1 Å². The van der Waals surface area contributed by atoms with Crippen molar-refractivity contribution in [2.24, 2.45) is 0 Å². The van der Waals surface area contributed by atoms with Crippen LogP contribution in [-0.2, 0) is 11.3 Å². The fraction of sp³-hybridized carbons (Fsp3) is 0.105. The van der Waals surface area contributed by atoms with E-state index in [4.69, 9.17) is 11.6 Å². The lowest BCUT2D eigenvalue weighted by molar-refractivity contribution is -0.113. The highest BCUT2D eigenvalue weighted by atomic mass is 35.5. The van der Waals surface area contributed by atoms with Crippen molar-refractivity contribution in [1.29, 1.82) is 0 Å². The molecule has 144 valence electrons. The van der Waals surface area contributed by atoms with Crippen LogP contribution in [0.1, 0.15) is 5.56 Å². The van der Waals surface area contributed by atoms with Crippen LogP contribution in [0.4, 0.5) is 20.3 Å². The molecule has 28 heavy (non-hydrogen) atoms. The molecular formula is C19H15ClF2N4OS. The summed E-state index contributed by atoms with van der Waals surface area (Å²) in [7, 11) is 0. The molecule has 1 aromatic heterocycles. The Morgan fingerprint density at radius 2 is 1.93 bits per heavy atom. The van der Waals surface area contributed by atoms with E-state index >= 15 is 0 Å². The number of benzene rings is 2. The van der Waals surface area contributed by atoms with Gasteiger partial charge in [-0.15, -0.1) is 0 Å². The summed E-state index contributed by atoms with van der Waals surface area (Å²) in [6.07, 6.45) is 1.38. The second-order valence-corrected chi connectivity index (χ2v) is 7.05. The Labute approximate surface area is 169 Å². The zero-order valence-corrected chi connectivity index (χ0v) is 16.0. The van der Waals surface area contributed by atoms with Gasteiger partial charge in [-0.25, -0.2) is 18.7 Å². The van der Waals surface area contributed by atoms with Crippen molar-refractivity contribution in [2.45, 2.75) is 11.6 Å². The van der Waals surface area contributed by atoms with Crippen LogP contribution in [0.2, 0.25) is 5.02 Å². The molecule has 0 aliphatic heterocycles. The van der Waals surface area contributed by atoms with Gasteiger partial charge in [0, 0.05) is 23.7 Å². The fourth-order valence-corrected chi connectivity index (χ4v) is 3.13. The van der Waals surface area contributed by atoms with Crippen molar-refractivity contribution >= 4 is 40.8 Å². The monoisotopic (exact) mass is 420 g/mol. The van der Waals surface area contributed by atoms with Crippen molar-refractivity contribution in [1.82, 2.24) is 9.97 Å². The molecule has 0 fully saturated rings. The molecule has 0 saturated heterocycles. The number of nitrogens with one attached hydrogen (secondary N) is 2. The van der Waals surface area contributed by atoms with Gasteiger partial charge in [-0.2, -0.15) is 0 Å². The number of carbonyl (C=O) groups is 1. The molecule has 0 aliphatic carbocycles. The van der Waals surface area contributed by atoms with Gasteiger partial charge < -0.3 is 10.6 Å². The van der Waals surface area contributed by atoms with E-state index in [1.807, 2.05) is 18.2 Å². The minimum absolute atomic E-state index is 0.0169. The van der Waals surface area contributed by atoms with Crippen LogP contribution in [0.15, 0.2) is 59.9 Å². The van der Waals surface area contributed by atoms with Gasteiger partial charge in [-0.05, 0) is 23.8 Å². The number of anilines is 2. The van der Waals surface area contributed by atoms with Gasteiger partial charge in [0.1, 0.15) is 28.8 Å². The number of thioether (sulfide) groups is 1. The Kier molecular flexibility index (Phi) is 6.78. The van der Waals surface area contributed by atoms with Crippen LogP contribution in [0, 0.1) is 11.6 Å². The lowest BCUT2D eigenvalue weighted by atomic mass is 10.2. The van der Waals surface area contributed by atoms with E-state index < -0.39 is 17.5 Å². The normalized spacial score (nSPS) is 10.5. The zero-order chi connectivity index (χ0) is 19.9. The van der Waals surface area contributed by atoms with Crippen LogP contribution in [0.3, 0.4) is 0 Å². The van der Waals surface area contributed by atoms with E-state index in [0.29, 0.717) is 22.4 Å². The Morgan fingerprint density at radius 3 is 2.75 bits per heavy atom. The number of carbonyl (C=O) groups excluding carboxylic acids is 1.